The fraction of sp³-hybridized carbons (Fsp3) is 0.889. The summed E-state index contributed by atoms with van der Waals surface area (Å²) in [5.74, 6) is 0.935. The van der Waals surface area contributed by atoms with E-state index in [-0.39, 0.29) is 11.8 Å². The fourth-order valence-electron chi connectivity index (χ4n) is 1.03. The summed E-state index contributed by atoms with van der Waals surface area (Å²) in [7, 11) is -0.739. The van der Waals surface area contributed by atoms with Crippen LogP contribution in [0, 0.1) is 5.92 Å². The molecule has 0 aliphatic carbocycles. The van der Waals surface area contributed by atoms with Crippen molar-refractivity contribution in [2.24, 2.45) is 16.8 Å². The smallest absolute Gasteiger partial charge is 0.143 e. The molecule has 0 saturated carbocycles. The molecular formula is C9H21N3O2S. The van der Waals surface area contributed by atoms with Crippen LogP contribution in [0.15, 0.2) is 5.16 Å². The molecule has 0 fully saturated rings. The Hall–Kier alpha value is -0.620. The van der Waals surface area contributed by atoms with Crippen molar-refractivity contribution in [3.63, 3.8) is 0 Å². The molecule has 0 aliphatic rings. The minimum absolute atomic E-state index is 0.00424. The molecule has 3 atom stereocenters. The van der Waals surface area contributed by atoms with Crippen molar-refractivity contribution in [1.29, 1.82) is 0 Å². The van der Waals surface area contributed by atoms with Crippen LogP contribution in [0.5, 0.6) is 0 Å². The van der Waals surface area contributed by atoms with E-state index in [0.29, 0.717) is 18.3 Å². The monoisotopic (exact) mass is 235 g/mol. The highest BCUT2D eigenvalue weighted by Crippen LogP contribution is 1.97. The standard InChI is InChI=1S/C9H21N3O2S/c1-7(9(10)12-13)6-11-8(2)4-5-15(3)14/h7-8,11,13H,4-6H2,1-3H3,(H2,10,12). The minimum atomic E-state index is -0.739. The summed E-state index contributed by atoms with van der Waals surface area (Å²) in [6.07, 6.45) is 2.57. The number of hydrogen-bond acceptors (Lipinski definition) is 4. The maximum Gasteiger partial charge on any atom is 0.143 e. The molecule has 0 amide bonds. The third kappa shape index (κ3) is 7.33. The molecule has 4 N–H and O–H groups in total. The van der Waals surface area contributed by atoms with Gasteiger partial charge in [0.1, 0.15) is 5.84 Å². The van der Waals surface area contributed by atoms with Crippen LogP contribution in [-0.2, 0) is 10.8 Å². The molecule has 0 aromatic rings. The van der Waals surface area contributed by atoms with E-state index < -0.39 is 10.8 Å². The average molecular weight is 235 g/mol. The second-order valence-electron chi connectivity index (χ2n) is 3.80. The van der Waals surface area contributed by atoms with Crippen molar-refractivity contribution in [3.8, 4) is 0 Å². The van der Waals surface area contributed by atoms with Gasteiger partial charge in [-0.05, 0) is 13.3 Å². The van der Waals surface area contributed by atoms with Crippen LogP contribution in [-0.4, -0.2) is 39.8 Å². The molecule has 0 aliphatic heterocycles. The number of oxime groups is 1. The molecule has 3 unspecified atom stereocenters. The molecule has 0 bridgehead atoms. The molecular weight excluding hydrogens is 214 g/mol. The van der Waals surface area contributed by atoms with Crippen molar-refractivity contribution in [2.75, 3.05) is 18.6 Å². The van der Waals surface area contributed by atoms with Gasteiger partial charge in [-0.25, -0.2) is 0 Å². The van der Waals surface area contributed by atoms with E-state index in [9.17, 15) is 4.21 Å². The van der Waals surface area contributed by atoms with Crippen LogP contribution in [0.25, 0.3) is 0 Å². The number of hydrogen-bond donors (Lipinski definition) is 3. The van der Waals surface area contributed by atoms with Gasteiger partial charge in [-0.1, -0.05) is 12.1 Å². The summed E-state index contributed by atoms with van der Waals surface area (Å²) in [5.41, 5.74) is 5.44. The van der Waals surface area contributed by atoms with Gasteiger partial charge in [0.15, 0.2) is 0 Å². The molecule has 0 aromatic carbocycles. The topological polar surface area (TPSA) is 87.7 Å². The van der Waals surface area contributed by atoms with Gasteiger partial charge in [-0.3, -0.25) is 4.21 Å². The Morgan fingerprint density at radius 1 is 1.60 bits per heavy atom. The number of rotatable bonds is 7. The lowest BCUT2D eigenvalue weighted by molar-refractivity contribution is 0.313. The average Bonchev–Trinajstić information content (AvgIpc) is 2.21. The summed E-state index contributed by atoms with van der Waals surface area (Å²) in [6.45, 7) is 4.58. The van der Waals surface area contributed by atoms with Gasteiger partial charge in [0, 0.05) is 41.3 Å². The molecule has 6 heteroatoms. The lowest BCUT2D eigenvalue weighted by Gasteiger charge is -2.16. The Bertz CT molecular complexity index is 233. The predicted octanol–water partition coefficient (Wildman–Crippen LogP) is 0.116. The summed E-state index contributed by atoms with van der Waals surface area (Å²) < 4.78 is 10.9. The van der Waals surface area contributed by atoms with Crippen LogP contribution in [0.2, 0.25) is 0 Å². The maximum absolute atomic E-state index is 10.9. The van der Waals surface area contributed by atoms with Gasteiger partial charge in [-0.15, -0.1) is 0 Å². The van der Waals surface area contributed by atoms with Crippen molar-refractivity contribution >= 4 is 16.6 Å². The molecule has 15 heavy (non-hydrogen) atoms. The Balaban J connectivity index is 3.70. The van der Waals surface area contributed by atoms with Gasteiger partial charge < -0.3 is 16.3 Å². The van der Waals surface area contributed by atoms with E-state index in [4.69, 9.17) is 10.9 Å². The zero-order chi connectivity index (χ0) is 11.8. The second kappa shape index (κ2) is 7.64. The van der Waals surface area contributed by atoms with Gasteiger partial charge in [0.2, 0.25) is 0 Å². The van der Waals surface area contributed by atoms with Crippen LogP contribution < -0.4 is 11.1 Å². The summed E-state index contributed by atoms with van der Waals surface area (Å²) in [4.78, 5) is 0. The van der Waals surface area contributed by atoms with E-state index in [0.717, 1.165) is 6.42 Å². The lowest BCUT2D eigenvalue weighted by Crippen LogP contribution is -2.36. The SMILES string of the molecule is CC(CCS(C)=O)NCC(C)C(N)=NO. The summed E-state index contributed by atoms with van der Waals surface area (Å²) >= 11 is 0. The zero-order valence-corrected chi connectivity index (χ0v) is 10.4. The molecule has 0 radical (unpaired) electrons. The van der Waals surface area contributed by atoms with Gasteiger partial charge in [0.05, 0.1) is 0 Å². The highest BCUT2D eigenvalue weighted by atomic mass is 32.2. The van der Waals surface area contributed by atoms with Crippen LogP contribution in [0.3, 0.4) is 0 Å². The van der Waals surface area contributed by atoms with E-state index >= 15 is 0 Å². The normalized spacial score (nSPS) is 18.5. The molecule has 90 valence electrons. The molecule has 0 saturated heterocycles. The van der Waals surface area contributed by atoms with Gasteiger partial charge in [0.25, 0.3) is 0 Å². The van der Waals surface area contributed by atoms with Crippen LogP contribution in [0.4, 0.5) is 0 Å². The highest BCUT2D eigenvalue weighted by Gasteiger charge is 2.09. The van der Waals surface area contributed by atoms with E-state index in [1.807, 2.05) is 13.8 Å². The van der Waals surface area contributed by atoms with E-state index in [1.54, 1.807) is 6.26 Å². The summed E-state index contributed by atoms with van der Waals surface area (Å²) in [6, 6.07) is 0.294. The van der Waals surface area contributed by atoms with Gasteiger partial charge >= 0.3 is 0 Å². The fourth-order valence-corrected chi connectivity index (χ4v) is 1.71. The first-order valence-corrected chi connectivity index (χ1v) is 6.71. The Kier molecular flexibility index (Phi) is 7.33. The molecule has 0 rings (SSSR count). The van der Waals surface area contributed by atoms with Crippen molar-refractivity contribution in [2.45, 2.75) is 26.3 Å². The minimum Gasteiger partial charge on any atom is -0.409 e. The van der Waals surface area contributed by atoms with Crippen molar-refractivity contribution < 1.29 is 9.42 Å². The Morgan fingerprint density at radius 2 is 2.20 bits per heavy atom. The first kappa shape index (κ1) is 14.4. The zero-order valence-electron chi connectivity index (χ0n) is 9.56. The van der Waals surface area contributed by atoms with Crippen LogP contribution in [0.1, 0.15) is 20.3 Å². The molecule has 5 nitrogen and oxygen atoms in total. The predicted molar refractivity (Wildman–Crippen MR) is 63.6 cm³/mol. The highest BCUT2D eigenvalue weighted by molar-refractivity contribution is 7.84. The first-order chi connectivity index (χ1) is 6.97. The number of nitrogens with one attached hydrogen (secondary N) is 1. The lowest BCUT2D eigenvalue weighted by atomic mass is 10.1. The number of nitrogens with zero attached hydrogens (tertiary/aromatic N) is 1. The quantitative estimate of drug-likeness (QED) is 0.253. The van der Waals surface area contributed by atoms with E-state index in [1.165, 1.54) is 0 Å². The van der Waals surface area contributed by atoms with Crippen molar-refractivity contribution in [1.82, 2.24) is 5.32 Å². The third-order valence-electron chi connectivity index (χ3n) is 2.23. The molecule has 0 spiro atoms. The first-order valence-electron chi connectivity index (χ1n) is 4.98. The maximum atomic E-state index is 10.9. The number of amidine groups is 1. The molecule has 0 heterocycles. The second-order valence-corrected chi connectivity index (χ2v) is 5.36. The largest absolute Gasteiger partial charge is 0.409 e. The van der Waals surface area contributed by atoms with Gasteiger partial charge in [-0.2, -0.15) is 0 Å². The number of nitrogens with two attached hydrogens (primary N) is 1. The van der Waals surface area contributed by atoms with Crippen LogP contribution >= 0.6 is 0 Å². The molecule has 0 aromatic heterocycles. The Labute approximate surface area is 93.6 Å². The summed E-state index contributed by atoms with van der Waals surface area (Å²) in [5, 5.41) is 14.6. The van der Waals surface area contributed by atoms with Crippen molar-refractivity contribution in [3.05, 3.63) is 0 Å². The van der Waals surface area contributed by atoms with E-state index in [2.05, 4.69) is 10.5 Å². The third-order valence-corrected chi connectivity index (χ3v) is 3.04. The Morgan fingerprint density at radius 3 is 2.67 bits per heavy atom.